The van der Waals surface area contributed by atoms with Crippen LogP contribution < -0.4 is 11.2 Å². The van der Waals surface area contributed by atoms with E-state index < -0.39 is 21.3 Å². The number of rotatable bonds is 5. The first kappa shape index (κ1) is 20.0. The molecule has 0 amide bonds. The van der Waals surface area contributed by atoms with E-state index in [0.29, 0.717) is 11.9 Å². The zero-order valence-electron chi connectivity index (χ0n) is 16.3. The molecule has 0 saturated heterocycles. The lowest BCUT2D eigenvalue weighted by molar-refractivity contribution is 0.387. The summed E-state index contributed by atoms with van der Waals surface area (Å²) in [5.74, 6) is 0. The van der Waals surface area contributed by atoms with Crippen LogP contribution in [-0.4, -0.2) is 34.9 Å². The molecule has 148 valence electrons. The molecular formula is C20H23N3O4S. The van der Waals surface area contributed by atoms with Crippen molar-refractivity contribution in [2.75, 3.05) is 7.05 Å². The maximum Gasteiger partial charge on any atom is 0.330 e. The Hall–Kier alpha value is -2.71. The fourth-order valence-corrected chi connectivity index (χ4v) is 4.61. The third-order valence-corrected chi connectivity index (χ3v) is 7.08. The fraction of sp³-hybridized carbons (Fsp3) is 0.300. The summed E-state index contributed by atoms with van der Waals surface area (Å²) in [6.07, 6.45) is 0.570. The highest BCUT2D eigenvalue weighted by atomic mass is 32.2. The lowest BCUT2D eigenvalue weighted by Crippen LogP contribution is -2.38. The number of sulfonamides is 1. The Morgan fingerprint density at radius 2 is 1.64 bits per heavy atom. The van der Waals surface area contributed by atoms with Crippen LogP contribution in [0.4, 0.5) is 0 Å². The number of likely N-dealkylation sites (N-methyl/N-ethyl adjacent to an activating group) is 1. The largest absolute Gasteiger partial charge is 0.330 e. The van der Waals surface area contributed by atoms with Crippen molar-refractivity contribution < 1.29 is 8.42 Å². The van der Waals surface area contributed by atoms with Gasteiger partial charge in [-0.25, -0.2) is 13.2 Å². The smallest absolute Gasteiger partial charge is 0.296 e. The molecule has 8 heteroatoms. The van der Waals surface area contributed by atoms with E-state index in [4.69, 9.17) is 0 Å². The Morgan fingerprint density at radius 3 is 2.29 bits per heavy atom. The van der Waals surface area contributed by atoms with Gasteiger partial charge in [0.2, 0.25) is 10.0 Å². The molecule has 0 radical (unpaired) electrons. The van der Waals surface area contributed by atoms with Gasteiger partial charge in [0.1, 0.15) is 0 Å². The van der Waals surface area contributed by atoms with Gasteiger partial charge in [-0.3, -0.25) is 13.9 Å². The van der Waals surface area contributed by atoms with Crippen LogP contribution in [0.25, 0.3) is 10.9 Å². The minimum Gasteiger partial charge on any atom is -0.296 e. The zero-order valence-corrected chi connectivity index (χ0v) is 17.1. The highest BCUT2D eigenvalue weighted by Gasteiger charge is 2.26. The van der Waals surface area contributed by atoms with Crippen molar-refractivity contribution in [1.82, 2.24) is 13.4 Å². The molecule has 1 atom stereocenters. The van der Waals surface area contributed by atoms with Crippen molar-refractivity contribution in [2.45, 2.75) is 24.3 Å². The predicted molar refractivity (Wildman–Crippen MR) is 109 cm³/mol. The number of aryl methyl sites for hydroxylation is 1. The lowest BCUT2D eigenvalue weighted by Gasteiger charge is -2.24. The van der Waals surface area contributed by atoms with Crippen LogP contribution in [0, 0.1) is 0 Å². The summed E-state index contributed by atoms with van der Waals surface area (Å²) in [5, 5.41) is 0.190. The van der Waals surface area contributed by atoms with Crippen LogP contribution in [0.5, 0.6) is 0 Å². The maximum atomic E-state index is 13.1. The zero-order chi connectivity index (χ0) is 20.6. The van der Waals surface area contributed by atoms with Gasteiger partial charge in [-0.15, -0.1) is 0 Å². The van der Waals surface area contributed by atoms with E-state index in [9.17, 15) is 18.0 Å². The van der Waals surface area contributed by atoms with E-state index in [0.717, 1.165) is 10.1 Å². The highest BCUT2D eigenvalue weighted by Crippen LogP contribution is 2.21. The fourth-order valence-electron chi connectivity index (χ4n) is 3.22. The van der Waals surface area contributed by atoms with Crippen molar-refractivity contribution in [3.63, 3.8) is 0 Å². The molecule has 0 saturated carbocycles. The predicted octanol–water partition coefficient (Wildman–Crippen LogP) is 1.49. The van der Waals surface area contributed by atoms with E-state index in [1.54, 1.807) is 7.05 Å². The van der Waals surface area contributed by atoms with Crippen LogP contribution in [0.1, 0.15) is 12.5 Å². The molecule has 3 aromatic rings. The van der Waals surface area contributed by atoms with Crippen molar-refractivity contribution in [2.24, 2.45) is 14.1 Å². The van der Waals surface area contributed by atoms with Crippen molar-refractivity contribution in [3.05, 3.63) is 74.9 Å². The number of hydrogen-bond acceptors (Lipinski definition) is 4. The van der Waals surface area contributed by atoms with Crippen molar-refractivity contribution >= 4 is 20.9 Å². The van der Waals surface area contributed by atoms with Crippen LogP contribution in [0.2, 0.25) is 0 Å². The summed E-state index contributed by atoms with van der Waals surface area (Å²) in [6, 6.07) is 13.7. The van der Waals surface area contributed by atoms with Crippen LogP contribution in [0.3, 0.4) is 0 Å². The average molecular weight is 401 g/mol. The van der Waals surface area contributed by atoms with E-state index in [1.165, 1.54) is 41.2 Å². The first-order valence-electron chi connectivity index (χ1n) is 8.86. The summed E-state index contributed by atoms with van der Waals surface area (Å²) >= 11 is 0. The number of nitrogens with zero attached hydrogens (tertiary/aromatic N) is 3. The first-order valence-corrected chi connectivity index (χ1v) is 10.3. The van der Waals surface area contributed by atoms with E-state index >= 15 is 0 Å². The Balaban J connectivity index is 2.02. The molecule has 1 heterocycles. The SMILES string of the molecule is CC(Cc1ccccc1)N(C)S(=O)(=O)c1ccc2c(c1)c(=O)n(C)c(=O)n2C. The quantitative estimate of drug-likeness (QED) is 0.649. The number of benzene rings is 2. The first-order chi connectivity index (χ1) is 13.1. The van der Waals surface area contributed by atoms with Gasteiger partial charge in [-0.05, 0) is 37.1 Å². The van der Waals surface area contributed by atoms with Gasteiger partial charge in [0.25, 0.3) is 5.56 Å². The van der Waals surface area contributed by atoms with Crippen LogP contribution >= 0.6 is 0 Å². The molecule has 0 bridgehead atoms. The van der Waals surface area contributed by atoms with Gasteiger partial charge in [-0.2, -0.15) is 4.31 Å². The van der Waals surface area contributed by atoms with Crippen molar-refractivity contribution in [1.29, 1.82) is 0 Å². The molecular weight excluding hydrogens is 378 g/mol. The average Bonchev–Trinajstić information content (AvgIpc) is 2.70. The molecule has 28 heavy (non-hydrogen) atoms. The molecule has 2 aromatic carbocycles. The summed E-state index contributed by atoms with van der Waals surface area (Å²) in [7, 11) is 0.651. The summed E-state index contributed by atoms with van der Waals surface area (Å²) in [6.45, 7) is 1.84. The molecule has 1 aromatic heterocycles. The van der Waals surface area contributed by atoms with Gasteiger partial charge in [0.15, 0.2) is 0 Å². The Morgan fingerprint density at radius 1 is 1.00 bits per heavy atom. The van der Waals surface area contributed by atoms with Crippen molar-refractivity contribution in [3.8, 4) is 0 Å². The van der Waals surface area contributed by atoms with Crippen LogP contribution in [-0.2, 0) is 30.5 Å². The molecule has 7 nitrogen and oxygen atoms in total. The second-order valence-electron chi connectivity index (χ2n) is 6.94. The highest BCUT2D eigenvalue weighted by molar-refractivity contribution is 7.89. The molecule has 1 unspecified atom stereocenters. The van der Waals surface area contributed by atoms with Gasteiger partial charge in [-0.1, -0.05) is 30.3 Å². The second kappa shape index (κ2) is 7.37. The molecule has 0 fully saturated rings. The minimum atomic E-state index is -3.80. The standard InChI is InChI=1S/C20H23N3O4S/c1-14(12-15-8-6-5-7-9-15)23(4)28(26,27)16-10-11-18-17(13-16)19(24)22(3)20(25)21(18)2/h5-11,13-14H,12H2,1-4H3. The van der Waals surface area contributed by atoms with Gasteiger partial charge < -0.3 is 0 Å². The maximum absolute atomic E-state index is 13.1. The normalized spacial score (nSPS) is 13.2. The van der Waals surface area contributed by atoms with Crippen LogP contribution in [0.15, 0.2) is 63.0 Å². The van der Waals surface area contributed by atoms with Gasteiger partial charge >= 0.3 is 5.69 Å². The molecule has 0 aliphatic rings. The Bertz CT molecular complexity index is 1240. The number of fused-ring (bicyclic) bond motifs is 1. The third kappa shape index (κ3) is 3.41. The summed E-state index contributed by atoms with van der Waals surface area (Å²) < 4.78 is 29.8. The van der Waals surface area contributed by atoms with Gasteiger partial charge in [0, 0.05) is 27.2 Å². The second-order valence-corrected chi connectivity index (χ2v) is 8.94. The van der Waals surface area contributed by atoms with E-state index in [1.807, 2.05) is 37.3 Å². The molecule has 3 rings (SSSR count). The molecule has 0 spiro atoms. The minimum absolute atomic E-state index is 0.0261. The number of hydrogen-bond donors (Lipinski definition) is 0. The third-order valence-electron chi connectivity index (χ3n) is 5.11. The molecule has 0 aliphatic heterocycles. The van der Waals surface area contributed by atoms with E-state index in [-0.39, 0.29) is 16.3 Å². The monoisotopic (exact) mass is 401 g/mol. The Kier molecular flexibility index (Phi) is 5.27. The molecule has 0 N–H and O–H groups in total. The lowest BCUT2D eigenvalue weighted by atomic mass is 10.1. The number of aromatic nitrogens is 2. The van der Waals surface area contributed by atoms with Gasteiger partial charge in [0.05, 0.1) is 15.8 Å². The summed E-state index contributed by atoms with van der Waals surface area (Å²) in [4.78, 5) is 24.5. The van der Waals surface area contributed by atoms with E-state index in [2.05, 4.69) is 0 Å². The Labute approximate surface area is 163 Å². The topological polar surface area (TPSA) is 81.4 Å². The summed E-state index contributed by atoms with van der Waals surface area (Å²) in [5.41, 5.74) is 0.461. The molecule has 0 aliphatic carbocycles.